The number of hydrogen-bond donors (Lipinski definition) is 2. The Morgan fingerprint density at radius 1 is 0.964 bits per heavy atom. The molecule has 1 aliphatic heterocycles. The third kappa shape index (κ3) is 3.28. The Kier molecular flexibility index (Phi) is 4.55. The van der Waals surface area contributed by atoms with E-state index in [2.05, 4.69) is 39.1 Å². The number of H-pyrrole nitrogens is 1. The van der Waals surface area contributed by atoms with Crippen LogP contribution in [0.25, 0.3) is 10.9 Å². The van der Waals surface area contributed by atoms with Gasteiger partial charge in [-0.1, -0.05) is 37.5 Å². The van der Waals surface area contributed by atoms with Crippen LogP contribution in [0.3, 0.4) is 0 Å². The molecule has 2 aromatic carbocycles. The zero-order valence-corrected chi connectivity index (χ0v) is 16.1. The van der Waals surface area contributed by atoms with Crippen molar-refractivity contribution < 1.29 is 5.11 Å². The number of benzene rings is 2. The lowest BCUT2D eigenvalue weighted by Gasteiger charge is -2.42. The largest absolute Gasteiger partial charge is 0.494 e. The molecule has 5 rings (SSSR count). The summed E-state index contributed by atoms with van der Waals surface area (Å²) in [6.45, 7) is 2.38. The summed E-state index contributed by atoms with van der Waals surface area (Å²) in [6.07, 6.45) is 8.76. The Morgan fingerprint density at radius 3 is 2.61 bits per heavy atom. The van der Waals surface area contributed by atoms with Crippen LogP contribution in [0.5, 0.6) is 5.88 Å². The van der Waals surface area contributed by atoms with Crippen LogP contribution >= 0.6 is 0 Å². The Bertz CT molecular complexity index is 989. The van der Waals surface area contributed by atoms with Gasteiger partial charge in [0.1, 0.15) is 0 Å². The average molecular weight is 374 g/mol. The molecule has 4 nitrogen and oxygen atoms in total. The van der Waals surface area contributed by atoms with Crippen molar-refractivity contribution in [1.82, 2.24) is 4.98 Å². The number of aromatic amines is 1. The first-order valence-electron chi connectivity index (χ1n) is 10.5. The monoisotopic (exact) mass is 373 g/mol. The molecule has 2 fully saturated rings. The standard InChI is InChI=1S/C24H27N3O/c28-24-22(21-7-3-4-8-23(21)26-24)15-25-19-9-11-20(12-10-19)27-14-13-17-5-1-2-6-18(17)16-27/h3-4,7-12,15,17-18,26,28H,1-2,5-6,13-14,16H2. The normalized spacial score (nSPS) is 22.6. The summed E-state index contributed by atoms with van der Waals surface area (Å²) < 4.78 is 0. The molecule has 1 saturated carbocycles. The van der Waals surface area contributed by atoms with Gasteiger partial charge in [-0.3, -0.25) is 4.99 Å². The van der Waals surface area contributed by atoms with Crippen molar-refractivity contribution in [2.75, 3.05) is 18.0 Å². The van der Waals surface area contributed by atoms with Gasteiger partial charge in [-0.05, 0) is 55.0 Å². The van der Waals surface area contributed by atoms with E-state index >= 15 is 0 Å². The van der Waals surface area contributed by atoms with E-state index < -0.39 is 0 Å². The van der Waals surface area contributed by atoms with Crippen LogP contribution < -0.4 is 4.90 Å². The number of anilines is 1. The lowest BCUT2D eigenvalue weighted by Crippen LogP contribution is -2.41. The molecule has 4 heteroatoms. The molecule has 0 spiro atoms. The predicted octanol–water partition coefficient (Wildman–Crippen LogP) is 5.64. The van der Waals surface area contributed by atoms with Crippen molar-refractivity contribution in [2.45, 2.75) is 32.1 Å². The number of piperidine rings is 1. The lowest BCUT2D eigenvalue weighted by atomic mass is 9.75. The molecule has 1 aliphatic carbocycles. The van der Waals surface area contributed by atoms with E-state index in [1.165, 1.54) is 50.9 Å². The second kappa shape index (κ2) is 7.34. The quantitative estimate of drug-likeness (QED) is 0.584. The first kappa shape index (κ1) is 17.4. The van der Waals surface area contributed by atoms with Crippen molar-refractivity contribution in [2.24, 2.45) is 16.8 Å². The van der Waals surface area contributed by atoms with Crippen LogP contribution in [0.15, 0.2) is 53.5 Å². The molecule has 144 valence electrons. The number of rotatable bonds is 3. The van der Waals surface area contributed by atoms with Crippen molar-refractivity contribution in [1.29, 1.82) is 0 Å². The number of para-hydroxylation sites is 1. The molecule has 1 aromatic heterocycles. The van der Waals surface area contributed by atoms with Crippen LogP contribution in [0, 0.1) is 11.8 Å². The van der Waals surface area contributed by atoms with Gasteiger partial charge in [0.25, 0.3) is 0 Å². The molecule has 2 heterocycles. The highest BCUT2D eigenvalue weighted by molar-refractivity contribution is 6.02. The lowest BCUT2D eigenvalue weighted by molar-refractivity contribution is 0.202. The fraction of sp³-hybridized carbons (Fsp3) is 0.375. The second-order valence-electron chi connectivity index (χ2n) is 8.25. The third-order valence-corrected chi connectivity index (χ3v) is 6.57. The van der Waals surface area contributed by atoms with Gasteiger partial charge >= 0.3 is 0 Å². The maximum atomic E-state index is 10.2. The number of hydrogen-bond acceptors (Lipinski definition) is 3. The van der Waals surface area contributed by atoms with Gasteiger partial charge in [-0.25, -0.2) is 0 Å². The van der Waals surface area contributed by atoms with Crippen molar-refractivity contribution >= 4 is 28.5 Å². The molecule has 0 amide bonds. The van der Waals surface area contributed by atoms with Gasteiger partial charge in [-0.2, -0.15) is 0 Å². The second-order valence-corrected chi connectivity index (χ2v) is 8.25. The molecular weight excluding hydrogens is 346 g/mol. The average Bonchev–Trinajstić information content (AvgIpc) is 3.07. The van der Waals surface area contributed by atoms with Crippen LogP contribution in [-0.4, -0.2) is 29.4 Å². The number of aliphatic imine (C=N–C) groups is 1. The first-order valence-corrected chi connectivity index (χ1v) is 10.5. The van der Waals surface area contributed by atoms with Crippen LogP contribution in [0.1, 0.15) is 37.7 Å². The Morgan fingerprint density at radius 2 is 1.75 bits per heavy atom. The highest BCUT2D eigenvalue weighted by atomic mass is 16.3. The number of aromatic hydroxyl groups is 1. The molecule has 0 bridgehead atoms. The maximum Gasteiger partial charge on any atom is 0.198 e. The first-order chi connectivity index (χ1) is 13.8. The number of nitrogens with one attached hydrogen (secondary N) is 1. The Balaban J connectivity index is 1.31. The minimum atomic E-state index is 0.164. The number of nitrogens with zero attached hydrogens (tertiary/aromatic N) is 2. The molecular formula is C24H27N3O. The van der Waals surface area contributed by atoms with E-state index in [1.807, 2.05) is 24.3 Å². The van der Waals surface area contributed by atoms with Gasteiger partial charge in [0.15, 0.2) is 5.88 Å². The summed E-state index contributed by atoms with van der Waals surface area (Å²) in [7, 11) is 0. The molecule has 28 heavy (non-hydrogen) atoms. The summed E-state index contributed by atoms with van der Waals surface area (Å²) in [5.74, 6) is 2.00. The van der Waals surface area contributed by atoms with E-state index in [4.69, 9.17) is 0 Å². The topological polar surface area (TPSA) is 51.6 Å². The van der Waals surface area contributed by atoms with Crippen LogP contribution in [0.4, 0.5) is 11.4 Å². The van der Waals surface area contributed by atoms with Crippen molar-refractivity contribution in [3.8, 4) is 5.88 Å². The van der Waals surface area contributed by atoms with Crippen LogP contribution in [-0.2, 0) is 0 Å². The minimum Gasteiger partial charge on any atom is -0.494 e. The molecule has 2 unspecified atom stereocenters. The van der Waals surface area contributed by atoms with Gasteiger partial charge in [0.05, 0.1) is 11.3 Å². The fourth-order valence-electron chi connectivity index (χ4n) is 5.00. The van der Waals surface area contributed by atoms with E-state index in [0.717, 1.165) is 34.0 Å². The molecule has 0 radical (unpaired) electrons. The molecule has 2 N–H and O–H groups in total. The highest BCUT2D eigenvalue weighted by Crippen LogP contribution is 2.37. The Hall–Kier alpha value is -2.75. The Labute approximate surface area is 165 Å². The van der Waals surface area contributed by atoms with Gasteiger partial charge in [0.2, 0.25) is 0 Å². The summed E-state index contributed by atoms with van der Waals surface area (Å²) in [6, 6.07) is 16.4. The highest BCUT2D eigenvalue weighted by Gasteiger charge is 2.31. The van der Waals surface area contributed by atoms with Crippen LogP contribution in [0.2, 0.25) is 0 Å². The van der Waals surface area contributed by atoms with Crippen molar-refractivity contribution in [3.63, 3.8) is 0 Å². The van der Waals surface area contributed by atoms with E-state index in [-0.39, 0.29) is 5.88 Å². The van der Waals surface area contributed by atoms with E-state index in [0.29, 0.717) is 0 Å². The molecule has 1 saturated heterocycles. The van der Waals surface area contributed by atoms with Gasteiger partial charge in [-0.15, -0.1) is 0 Å². The predicted molar refractivity (Wildman–Crippen MR) is 116 cm³/mol. The SMILES string of the molecule is Oc1[nH]c2ccccc2c1C=Nc1ccc(N2CCC3CCCCC3C2)cc1. The third-order valence-electron chi connectivity index (χ3n) is 6.57. The number of aromatic nitrogens is 1. The van der Waals surface area contributed by atoms with Crippen molar-refractivity contribution in [3.05, 3.63) is 54.1 Å². The minimum absolute atomic E-state index is 0.164. The van der Waals surface area contributed by atoms with Gasteiger partial charge in [0, 0.05) is 35.9 Å². The number of fused-ring (bicyclic) bond motifs is 2. The molecule has 3 aromatic rings. The van der Waals surface area contributed by atoms with E-state index in [1.54, 1.807) is 6.21 Å². The smallest absolute Gasteiger partial charge is 0.198 e. The summed E-state index contributed by atoms with van der Waals surface area (Å²) >= 11 is 0. The summed E-state index contributed by atoms with van der Waals surface area (Å²) in [5, 5.41) is 11.2. The molecule has 2 atom stereocenters. The molecule has 2 aliphatic rings. The zero-order chi connectivity index (χ0) is 18.9. The zero-order valence-electron chi connectivity index (χ0n) is 16.1. The fourth-order valence-corrected chi connectivity index (χ4v) is 5.00. The van der Waals surface area contributed by atoms with Gasteiger partial charge < -0.3 is 15.0 Å². The maximum absolute atomic E-state index is 10.2. The van der Waals surface area contributed by atoms with E-state index in [9.17, 15) is 5.11 Å². The summed E-state index contributed by atoms with van der Waals surface area (Å²) in [4.78, 5) is 10.1. The summed E-state index contributed by atoms with van der Waals surface area (Å²) in [5.41, 5.74) is 3.86.